The molecule has 0 saturated carbocycles. The van der Waals surface area contributed by atoms with Gasteiger partial charge in [-0.2, -0.15) is 7.82 Å². The van der Waals surface area contributed by atoms with Crippen LogP contribution in [0.3, 0.4) is 0 Å². The van der Waals surface area contributed by atoms with Crippen molar-refractivity contribution < 1.29 is 58.6 Å². The fourth-order valence-corrected chi connectivity index (χ4v) is 0. The zero-order valence-corrected chi connectivity index (χ0v) is 10.6. The smallest absolute Gasteiger partial charge is 1.00 e. The molecule has 0 bridgehead atoms. The van der Waals surface area contributed by atoms with Crippen LogP contribution < -0.4 is 31.7 Å². The van der Waals surface area contributed by atoms with E-state index in [4.69, 9.17) is 19.2 Å². The fraction of sp³-hybridized carbons (Fsp3) is 0. The van der Waals surface area contributed by atoms with Gasteiger partial charge in [0.2, 0.25) is 0 Å². The Labute approximate surface area is 91.7 Å². The van der Waals surface area contributed by atoms with E-state index in [-0.39, 0.29) is 65.6 Å². The normalized spacial score (nSPS) is 7.38. The summed E-state index contributed by atoms with van der Waals surface area (Å²) in [6.07, 6.45) is 0. The Morgan fingerprint density at radius 3 is 1.12 bits per heavy atom. The summed E-state index contributed by atoms with van der Waals surface area (Å²) in [5.41, 5.74) is 0. The number of hydrogen-bond donors (Lipinski definition) is 0. The van der Waals surface area contributed by atoms with Gasteiger partial charge in [0, 0.05) is 0 Å². The van der Waals surface area contributed by atoms with Gasteiger partial charge in [-0.3, -0.25) is 0 Å². The second kappa shape index (κ2) is 9.21. The van der Waals surface area contributed by atoms with Crippen molar-refractivity contribution in [2.45, 2.75) is 0 Å². The Morgan fingerprint density at radius 2 is 1.12 bits per heavy atom. The summed E-state index contributed by atoms with van der Waals surface area (Å²) in [4.78, 5) is 25.6. The van der Waals surface area contributed by atoms with E-state index in [1.807, 2.05) is 0 Å². The molecular weight excluding hydrogens is 492 g/mol. The second-order valence-electron chi connectivity index (χ2n) is 0.447. The summed E-state index contributed by atoms with van der Waals surface area (Å²) >= 11 is 0. The van der Waals surface area contributed by atoms with Crippen LogP contribution in [0.4, 0.5) is 0 Å². The molecule has 0 atom stereocenters. The molecule has 52 valence electrons. The Morgan fingerprint density at radius 1 is 1.12 bits per heavy atom. The average molecular weight is 492 g/mol. The molecular formula is AgBiBrO4P. The van der Waals surface area contributed by atoms with E-state index in [0.29, 0.717) is 0 Å². The molecule has 0 aromatic heterocycles. The fourth-order valence-electron chi connectivity index (χ4n) is 0. The van der Waals surface area contributed by atoms with Gasteiger partial charge in [0.25, 0.3) is 0 Å². The largest absolute Gasteiger partial charge is 3.00 e. The standard InChI is InChI=1S/Ag.Bi.BrH.H3O4P/c;;;1-5(2,3)4/h;;1H;(H3,1,2,3,4)/q+1;+3;;/p-4. The van der Waals surface area contributed by atoms with Gasteiger partial charge in [0.15, 0.2) is 0 Å². The molecule has 8 heavy (non-hydrogen) atoms. The SMILES string of the molecule is O=P([O-])([O-])[O-].[Ag+].[Bi+3].[Br-]. The van der Waals surface area contributed by atoms with Crippen molar-refractivity contribution >= 4 is 34.0 Å². The van der Waals surface area contributed by atoms with Gasteiger partial charge < -0.3 is 36.2 Å². The Bertz CT molecular complexity index is 62.2. The first-order chi connectivity index (χ1) is 2.00. The van der Waals surface area contributed by atoms with E-state index in [1.165, 1.54) is 0 Å². The maximum absolute atomic E-state index is 8.55. The number of hydrogen-bond acceptors (Lipinski definition) is 4. The third-order valence-corrected chi connectivity index (χ3v) is 0. The van der Waals surface area contributed by atoms with E-state index in [0.717, 1.165) is 0 Å². The zero-order chi connectivity index (χ0) is 4.50. The van der Waals surface area contributed by atoms with Gasteiger partial charge in [-0.1, -0.05) is 0 Å². The molecule has 2 radical (unpaired) electrons. The van der Waals surface area contributed by atoms with Crippen LogP contribution in [-0.2, 0) is 26.9 Å². The molecule has 0 aromatic carbocycles. The van der Waals surface area contributed by atoms with E-state index >= 15 is 0 Å². The van der Waals surface area contributed by atoms with Crippen molar-refractivity contribution in [1.29, 1.82) is 0 Å². The molecule has 0 heterocycles. The van der Waals surface area contributed by atoms with Crippen molar-refractivity contribution in [2.24, 2.45) is 0 Å². The maximum Gasteiger partial charge on any atom is 3.00 e. The minimum Gasteiger partial charge on any atom is -1.00 e. The molecule has 0 aliphatic rings. The van der Waals surface area contributed by atoms with Crippen LogP contribution in [0.1, 0.15) is 0 Å². The van der Waals surface area contributed by atoms with Crippen LogP contribution >= 0.6 is 7.82 Å². The molecule has 0 fully saturated rings. The third kappa shape index (κ3) is 87.2. The van der Waals surface area contributed by atoms with Crippen LogP contribution in [0.2, 0.25) is 0 Å². The van der Waals surface area contributed by atoms with Crippen LogP contribution in [0, 0.1) is 0 Å². The van der Waals surface area contributed by atoms with Crippen LogP contribution in [0.5, 0.6) is 0 Å². The van der Waals surface area contributed by atoms with Crippen molar-refractivity contribution in [3.05, 3.63) is 0 Å². The van der Waals surface area contributed by atoms with Gasteiger partial charge in [-0.25, -0.2) is 0 Å². The first kappa shape index (κ1) is 22.5. The summed E-state index contributed by atoms with van der Waals surface area (Å²) < 4.78 is 8.55. The molecule has 0 saturated heterocycles. The summed E-state index contributed by atoms with van der Waals surface area (Å²) in [6.45, 7) is 0. The van der Waals surface area contributed by atoms with E-state index in [9.17, 15) is 0 Å². The molecule has 0 aliphatic carbocycles. The molecule has 0 unspecified atom stereocenters. The Kier molecular flexibility index (Phi) is 25.9. The second-order valence-corrected chi connectivity index (χ2v) is 1.34. The molecule has 0 aliphatic heterocycles. The van der Waals surface area contributed by atoms with Gasteiger partial charge in [0.1, 0.15) is 0 Å². The van der Waals surface area contributed by atoms with Gasteiger partial charge in [-0.05, 0) is 0 Å². The van der Waals surface area contributed by atoms with E-state index in [1.54, 1.807) is 0 Å². The summed E-state index contributed by atoms with van der Waals surface area (Å²) in [5, 5.41) is 0. The van der Waals surface area contributed by atoms with Crippen LogP contribution in [0.15, 0.2) is 0 Å². The number of rotatable bonds is 0. The minimum atomic E-state index is -5.39. The number of halogens is 1. The van der Waals surface area contributed by atoms with Crippen molar-refractivity contribution in [1.82, 2.24) is 0 Å². The molecule has 4 nitrogen and oxygen atoms in total. The zero-order valence-electron chi connectivity index (χ0n) is 3.21. The average Bonchev–Trinajstić information content (AvgIpc) is 0.722. The Hall–Kier alpha value is 2.21. The van der Waals surface area contributed by atoms with Crippen molar-refractivity contribution in [2.75, 3.05) is 0 Å². The summed E-state index contributed by atoms with van der Waals surface area (Å²) in [7, 11) is -5.39. The van der Waals surface area contributed by atoms with Gasteiger partial charge >= 0.3 is 48.6 Å². The first-order valence-corrected chi connectivity index (χ1v) is 2.19. The van der Waals surface area contributed by atoms with Gasteiger partial charge in [0.05, 0.1) is 0 Å². The predicted octanol–water partition coefficient (Wildman–Crippen LogP) is -6.20. The molecule has 0 rings (SSSR count). The third-order valence-electron chi connectivity index (χ3n) is 0. The van der Waals surface area contributed by atoms with Crippen molar-refractivity contribution in [3.63, 3.8) is 0 Å². The molecule has 0 spiro atoms. The Balaban J connectivity index is -0.0000000267. The molecule has 0 aromatic rings. The van der Waals surface area contributed by atoms with Crippen LogP contribution in [-0.4, -0.2) is 26.2 Å². The topological polar surface area (TPSA) is 86.2 Å². The van der Waals surface area contributed by atoms with Crippen LogP contribution in [0.25, 0.3) is 0 Å². The van der Waals surface area contributed by atoms with E-state index in [2.05, 4.69) is 0 Å². The molecule has 0 amide bonds. The summed E-state index contributed by atoms with van der Waals surface area (Å²) in [6, 6.07) is 0. The van der Waals surface area contributed by atoms with Crippen molar-refractivity contribution in [3.8, 4) is 0 Å². The number of phosphoric acid groups is 1. The monoisotopic (exact) mass is 490 g/mol. The maximum atomic E-state index is 8.55. The van der Waals surface area contributed by atoms with Gasteiger partial charge in [-0.15, -0.1) is 0 Å². The predicted molar refractivity (Wildman–Crippen MR) is 13.4 cm³/mol. The minimum absolute atomic E-state index is 0. The quantitative estimate of drug-likeness (QED) is 0.249. The molecule has 8 heteroatoms. The molecule has 0 N–H and O–H groups in total. The first-order valence-electron chi connectivity index (χ1n) is 0.730. The summed E-state index contributed by atoms with van der Waals surface area (Å²) in [5.74, 6) is 0. The van der Waals surface area contributed by atoms with E-state index < -0.39 is 7.82 Å².